The molecule has 0 saturated heterocycles. The van der Waals surface area contributed by atoms with Crippen LogP contribution in [0.1, 0.15) is 28.7 Å². The van der Waals surface area contributed by atoms with E-state index in [0.717, 1.165) is 35.2 Å². The van der Waals surface area contributed by atoms with Crippen LogP contribution in [0.3, 0.4) is 0 Å². The number of benzene rings is 3. The number of carbonyl (C=O) groups is 2. The standard InChI is InChI=1S/C28H24N2O4/c1-17-9-11-21(18(2)14-17)25-26(29-13-5-7-19-6-3-4-8-22(19)29)28(32)30(27(25)31)20-10-12-23-24(15-20)34-16-33-23/h3-4,6,8-12,14-15H,5,7,13,16H2,1-2H3. The molecule has 0 atom stereocenters. The fourth-order valence-electron chi connectivity index (χ4n) is 5.13. The molecule has 3 aromatic carbocycles. The zero-order chi connectivity index (χ0) is 23.4. The predicted molar refractivity (Wildman–Crippen MR) is 130 cm³/mol. The molecule has 0 N–H and O–H groups in total. The monoisotopic (exact) mass is 452 g/mol. The molecule has 0 aliphatic carbocycles. The number of aryl methyl sites for hydroxylation is 3. The van der Waals surface area contributed by atoms with Crippen molar-refractivity contribution < 1.29 is 19.1 Å². The van der Waals surface area contributed by atoms with Crippen molar-refractivity contribution in [3.05, 3.63) is 88.6 Å². The van der Waals surface area contributed by atoms with Crippen molar-refractivity contribution in [3.8, 4) is 11.5 Å². The second-order valence-electron chi connectivity index (χ2n) is 8.91. The van der Waals surface area contributed by atoms with Crippen molar-refractivity contribution in [1.29, 1.82) is 0 Å². The van der Waals surface area contributed by atoms with E-state index in [1.165, 1.54) is 10.5 Å². The van der Waals surface area contributed by atoms with Gasteiger partial charge in [-0.05, 0) is 61.6 Å². The zero-order valence-electron chi connectivity index (χ0n) is 19.1. The average Bonchev–Trinajstić information content (AvgIpc) is 3.40. The quantitative estimate of drug-likeness (QED) is 0.536. The van der Waals surface area contributed by atoms with Crippen LogP contribution < -0.4 is 19.3 Å². The molecular weight excluding hydrogens is 428 g/mol. The van der Waals surface area contributed by atoms with E-state index in [1.54, 1.807) is 18.2 Å². The van der Waals surface area contributed by atoms with E-state index >= 15 is 0 Å². The summed E-state index contributed by atoms with van der Waals surface area (Å²) in [6.45, 7) is 4.81. The highest BCUT2D eigenvalue weighted by atomic mass is 16.7. The Kier molecular flexibility index (Phi) is 4.69. The van der Waals surface area contributed by atoms with Crippen molar-refractivity contribution in [3.63, 3.8) is 0 Å². The molecule has 3 aliphatic rings. The molecule has 6 rings (SSSR count). The third-order valence-corrected chi connectivity index (χ3v) is 6.71. The maximum atomic E-state index is 14.0. The number of rotatable bonds is 3. The highest BCUT2D eigenvalue weighted by Crippen LogP contribution is 2.42. The van der Waals surface area contributed by atoms with Crippen LogP contribution in [-0.2, 0) is 16.0 Å². The lowest BCUT2D eigenvalue weighted by atomic mass is 9.95. The number of hydrogen-bond donors (Lipinski definition) is 0. The van der Waals surface area contributed by atoms with Crippen molar-refractivity contribution in [2.75, 3.05) is 23.1 Å². The molecule has 3 aliphatic heterocycles. The SMILES string of the molecule is Cc1ccc(C2=C(N3CCCc4ccccc43)C(=O)N(c3ccc4c(c3)OCO4)C2=O)c(C)c1. The number of imide groups is 1. The summed E-state index contributed by atoms with van der Waals surface area (Å²) in [6.07, 6.45) is 1.86. The Labute approximate surface area is 198 Å². The first kappa shape index (κ1) is 20.5. The smallest absolute Gasteiger partial charge is 0.282 e. The summed E-state index contributed by atoms with van der Waals surface area (Å²) in [5.41, 5.74) is 6.37. The predicted octanol–water partition coefficient (Wildman–Crippen LogP) is 4.77. The van der Waals surface area contributed by atoms with Gasteiger partial charge in [0.15, 0.2) is 11.5 Å². The minimum Gasteiger partial charge on any atom is -0.454 e. The lowest BCUT2D eigenvalue weighted by Crippen LogP contribution is -2.37. The molecule has 0 aromatic heterocycles. The summed E-state index contributed by atoms with van der Waals surface area (Å²) in [5, 5.41) is 0. The maximum absolute atomic E-state index is 14.0. The van der Waals surface area contributed by atoms with Crippen LogP contribution in [0.4, 0.5) is 11.4 Å². The fraction of sp³-hybridized carbons (Fsp3) is 0.214. The number of nitrogens with zero attached hydrogens (tertiary/aromatic N) is 2. The zero-order valence-corrected chi connectivity index (χ0v) is 19.1. The van der Waals surface area contributed by atoms with E-state index in [-0.39, 0.29) is 18.6 Å². The topological polar surface area (TPSA) is 59.1 Å². The second kappa shape index (κ2) is 7.76. The molecule has 3 heterocycles. The molecule has 0 spiro atoms. The minimum atomic E-state index is -0.325. The molecule has 6 heteroatoms. The van der Waals surface area contributed by atoms with Gasteiger partial charge in [-0.1, -0.05) is 42.0 Å². The lowest BCUT2D eigenvalue weighted by Gasteiger charge is -2.32. The number of ether oxygens (including phenoxy) is 2. The first-order chi connectivity index (χ1) is 16.5. The molecule has 6 nitrogen and oxygen atoms in total. The highest BCUT2D eigenvalue weighted by Gasteiger charge is 2.44. The van der Waals surface area contributed by atoms with Gasteiger partial charge in [-0.15, -0.1) is 0 Å². The van der Waals surface area contributed by atoms with Crippen molar-refractivity contribution in [2.45, 2.75) is 26.7 Å². The molecule has 3 aromatic rings. The van der Waals surface area contributed by atoms with Crippen LogP contribution in [0.2, 0.25) is 0 Å². The molecule has 34 heavy (non-hydrogen) atoms. The third kappa shape index (κ3) is 3.10. The van der Waals surface area contributed by atoms with Crippen LogP contribution in [0, 0.1) is 13.8 Å². The van der Waals surface area contributed by atoms with E-state index in [9.17, 15) is 9.59 Å². The summed E-state index contributed by atoms with van der Waals surface area (Å²) < 4.78 is 10.9. The number of para-hydroxylation sites is 1. The van der Waals surface area contributed by atoms with Crippen LogP contribution in [-0.4, -0.2) is 25.2 Å². The number of anilines is 2. The number of amides is 2. The number of hydrogen-bond acceptors (Lipinski definition) is 5. The first-order valence-electron chi connectivity index (χ1n) is 11.5. The van der Waals surface area contributed by atoms with Gasteiger partial charge in [0.2, 0.25) is 6.79 Å². The van der Waals surface area contributed by atoms with Gasteiger partial charge in [0, 0.05) is 18.3 Å². The second-order valence-corrected chi connectivity index (χ2v) is 8.91. The third-order valence-electron chi connectivity index (χ3n) is 6.71. The molecule has 0 saturated carbocycles. The minimum absolute atomic E-state index is 0.128. The molecule has 0 radical (unpaired) electrons. The van der Waals surface area contributed by atoms with Crippen molar-refractivity contribution >= 4 is 28.8 Å². The summed E-state index contributed by atoms with van der Waals surface area (Å²) in [7, 11) is 0. The number of fused-ring (bicyclic) bond motifs is 2. The van der Waals surface area contributed by atoms with E-state index in [0.29, 0.717) is 35.0 Å². The van der Waals surface area contributed by atoms with E-state index < -0.39 is 0 Å². The van der Waals surface area contributed by atoms with E-state index in [4.69, 9.17) is 9.47 Å². The van der Waals surface area contributed by atoms with Crippen molar-refractivity contribution in [1.82, 2.24) is 0 Å². The Morgan fingerprint density at radius 3 is 2.53 bits per heavy atom. The Balaban J connectivity index is 1.54. The number of carbonyl (C=O) groups excluding carboxylic acids is 2. The highest BCUT2D eigenvalue weighted by molar-refractivity contribution is 6.46. The molecule has 0 unspecified atom stereocenters. The summed E-state index contributed by atoms with van der Waals surface area (Å²) in [6, 6.07) is 19.3. The van der Waals surface area contributed by atoms with Crippen LogP contribution >= 0.6 is 0 Å². The Morgan fingerprint density at radius 1 is 0.853 bits per heavy atom. The molecule has 2 amide bonds. The molecule has 0 bridgehead atoms. The molecule has 0 fully saturated rings. The largest absolute Gasteiger partial charge is 0.454 e. The lowest BCUT2D eigenvalue weighted by molar-refractivity contribution is -0.120. The van der Waals surface area contributed by atoms with Gasteiger partial charge in [-0.3, -0.25) is 9.59 Å². The van der Waals surface area contributed by atoms with Gasteiger partial charge < -0.3 is 14.4 Å². The van der Waals surface area contributed by atoms with Gasteiger partial charge in [0.25, 0.3) is 11.8 Å². The Bertz CT molecular complexity index is 1390. The van der Waals surface area contributed by atoms with Gasteiger partial charge in [0.05, 0.1) is 11.3 Å². The molecular formula is C28H24N2O4. The summed E-state index contributed by atoms with van der Waals surface area (Å²) >= 11 is 0. The van der Waals surface area contributed by atoms with Gasteiger partial charge >= 0.3 is 0 Å². The van der Waals surface area contributed by atoms with E-state index in [1.807, 2.05) is 55.1 Å². The summed E-state index contributed by atoms with van der Waals surface area (Å²) in [4.78, 5) is 31.3. The fourth-order valence-corrected chi connectivity index (χ4v) is 5.13. The normalized spacial score (nSPS) is 17.0. The van der Waals surface area contributed by atoms with Gasteiger partial charge in [-0.2, -0.15) is 0 Å². The van der Waals surface area contributed by atoms with Crippen LogP contribution in [0.15, 0.2) is 66.4 Å². The van der Waals surface area contributed by atoms with Gasteiger partial charge in [-0.25, -0.2) is 4.90 Å². The molecule has 170 valence electrons. The average molecular weight is 453 g/mol. The Hall–Kier alpha value is -4.06. The summed E-state index contributed by atoms with van der Waals surface area (Å²) in [5.74, 6) is 0.489. The Morgan fingerprint density at radius 2 is 1.68 bits per heavy atom. The van der Waals surface area contributed by atoms with Crippen LogP contribution in [0.5, 0.6) is 11.5 Å². The van der Waals surface area contributed by atoms with Crippen LogP contribution in [0.25, 0.3) is 5.57 Å². The maximum Gasteiger partial charge on any atom is 0.282 e. The van der Waals surface area contributed by atoms with E-state index in [2.05, 4.69) is 6.07 Å². The first-order valence-corrected chi connectivity index (χ1v) is 11.5. The van der Waals surface area contributed by atoms with Crippen molar-refractivity contribution in [2.24, 2.45) is 0 Å². The van der Waals surface area contributed by atoms with Gasteiger partial charge in [0.1, 0.15) is 5.70 Å².